The molecule has 1 amide bonds. The lowest BCUT2D eigenvalue weighted by Gasteiger charge is -2.26. The fourth-order valence-corrected chi connectivity index (χ4v) is 4.12. The summed E-state index contributed by atoms with van der Waals surface area (Å²) < 4.78 is 5.46. The molecule has 0 spiro atoms. The number of carboxylic acids is 1. The number of alkyl carbamates (subject to hydrolysis) is 1. The number of carbonyl (C=O) groups excluding carboxylic acids is 1. The first kappa shape index (κ1) is 21.2. The third kappa shape index (κ3) is 3.97. The molecule has 3 aromatic rings. The molecule has 7 nitrogen and oxygen atoms in total. The molecule has 7 heteroatoms. The third-order valence-electron chi connectivity index (χ3n) is 5.79. The molecule has 4 rings (SSSR count). The van der Waals surface area contributed by atoms with Crippen molar-refractivity contribution in [2.45, 2.75) is 24.8 Å². The van der Waals surface area contributed by atoms with Gasteiger partial charge in [-0.3, -0.25) is 0 Å². The van der Waals surface area contributed by atoms with Crippen LogP contribution in [0.2, 0.25) is 0 Å². The predicted octanol–water partition coefficient (Wildman–Crippen LogP) is 4.02. The Bertz CT molecular complexity index is 1150. The van der Waals surface area contributed by atoms with Crippen molar-refractivity contribution in [3.63, 3.8) is 0 Å². The van der Waals surface area contributed by atoms with Crippen molar-refractivity contribution in [3.05, 3.63) is 83.4 Å². The summed E-state index contributed by atoms with van der Waals surface area (Å²) in [6.45, 7) is 1.43. The lowest BCUT2D eigenvalue weighted by molar-refractivity contribution is -0.143. The molecule has 0 unspecified atom stereocenters. The fourth-order valence-electron chi connectivity index (χ4n) is 4.12. The van der Waals surface area contributed by atoms with Crippen LogP contribution in [0.25, 0.3) is 11.1 Å². The first-order valence-corrected chi connectivity index (χ1v) is 10.2. The van der Waals surface area contributed by atoms with E-state index in [1.54, 1.807) is 0 Å². The average molecular weight is 433 g/mol. The average Bonchev–Trinajstić information content (AvgIpc) is 3.08. The van der Waals surface area contributed by atoms with Crippen molar-refractivity contribution in [2.75, 3.05) is 6.61 Å². The van der Waals surface area contributed by atoms with Crippen molar-refractivity contribution in [1.29, 1.82) is 0 Å². The lowest BCUT2D eigenvalue weighted by atomic mass is 9.93. The minimum atomic E-state index is -1.67. The number of hydrogen-bond donors (Lipinski definition) is 4. The molecule has 1 atom stereocenters. The molecule has 0 saturated heterocycles. The van der Waals surface area contributed by atoms with Crippen molar-refractivity contribution in [1.82, 2.24) is 5.32 Å². The molecular formula is C25H23NO6. The van der Waals surface area contributed by atoms with Gasteiger partial charge in [0.25, 0.3) is 0 Å². The summed E-state index contributed by atoms with van der Waals surface area (Å²) in [6, 6.07) is 19.9. The molecule has 32 heavy (non-hydrogen) atoms. The van der Waals surface area contributed by atoms with Gasteiger partial charge in [0.05, 0.1) is 0 Å². The second-order valence-corrected chi connectivity index (χ2v) is 8.09. The SMILES string of the molecule is C[C@@](Cc1ccc(O)c(O)c1)(NC(=O)OCC1c2ccccc2-c2ccccc21)C(=O)O. The van der Waals surface area contributed by atoms with Crippen molar-refractivity contribution in [2.24, 2.45) is 0 Å². The van der Waals surface area contributed by atoms with Gasteiger partial charge in [-0.1, -0.05) is 54.6 Å². The van der Waals surface area contributed by atoms with E-state index in [1.165, 1.54) is 25.1 Å². The standard InChI is InChI=1S/C25H23NO6/c1-25(23(29)30,13-15-10-11-21(27)22(28)12-15)26-24(31)32-14-20-18-8-4-2-6-16(18)17-7-3-5-9-19(17)20/h2-12,20,27-28H,13-14H2,1H3,(H,26,31)(H,29,30)/t25-/m0/s1. The Kier molecular flexibility index (Phi) is 5.48. The number of ether oxygens (including phenoxy) is 1. The smallest absolute Gasteiger partial charge is 0.408 e. The fraction of sp³-hybridized carbons (Fsp3) is 0.200. The van der Waals surface area contributed by atoms with Crippen molar-refractivity contribution in [3.8, 4) is 22.6 Å². The van der Waals surface area contributed by atoms with Crippen LogP contribution in [-0.2, 0) is 16.0 Å². The first-order valence-electron chi connectivity index (χ1n) is 10.2. The number of rotatable bonds is 6. The van der Waals surface area contributed by atoms with Crippen LogP contribution in [-0.4, -0.2) is 39.5 Å². The molecule has 1 aliphatic rings. The topological polar surface area (TPSA) is 116 Å². The van der Waals surface area contributed by atoms with Crippen molar-refractivity contribution >= 4 is 12.1 Å². The summed E-state index contributed by atoms with van der Waals surface area (Å²) in [6.07, 6.45) is -0.958. The zero-order chi connectivity index (χ0) is 22.9. The van der Waals surface area contributed by atoms with Gasteiger partial charge >= 0.3 is 12.1 Å². The van der Waals surface area contributed by atoms with E-state index in [1.807, 2.05) is 48.5 Å². The quantitative estimate of drug-likeness (QED) is 0.436. The number of nitrogens with one attached hydrogen (secondary N) is 1. The molecule has 4 N–H and O–H groups in total. The number of carbonyl (C=O) groups is 2. The Morgan fingerprint density at radius 1 is 0.938 bits per heavy atom. The van der Waals surface area contributed by atoms with E-state index in [0.717, 1.165) is 22.3 Å². The predicted molar refractivity (Wildman–Crippen MR) is 118 cm³/mol. The molecule has 0 aliphatic heterocycles. The molecule has 1 aliphatic carbocycles. The maximum absolute atomic E-state index is 12.6. The van der Waals surface area contributed by atoms with Crippen LogP contribution in [0.15, 0.2) is 66.7 Å². The van der Waals surface area contributed by atoms with Crippen LogP contribution in [0.5, 0.6) is 11.5 Å². The maximum Gasteiger partial charge on any atom is 0.408 e. The Hall–Kier alpha value is -4.00. The molecule has 164 valence electrons. The second kappa shape index (κ2) is 8.26. The second-order valence-electron chi connectivity index (χ2n) is 8.09. The van der Waals surface area contributed by atoms with Crippen LogP contribution in [0.4, 0.5) is 4.79 Å². The molecule has 0 heterocycles. The number of hydrogen-bond acceptors (Lipinski definition) is 5. The van der Waals surface area contributed by atoms with Crippen molar-refractivity contribution < 1.29 is 29.6 Å². The van der Waals surface area contributed by atoms with E-state index >= 15 is 0 Å². The van der Waals surface area contributed by atoms with Gasteiger partial charge in [-0.2, -0.15) is 0 Å². The minimum absolute atomic E-state index is 0.0650. The molecular weight excluding hydrogens is 410 g/mol. The van der Waals surface area contributed by atoms with Crippen LogP contribution in [0.1, 0.15) is 29.5 Å². The van der Waals surface area contributed by atoms with E-state index in [2.05, 4.69) is 5.32 Å². The Labute approximate surface area is 184 Å². The summed E-state index contributed by atoms with van der Waals surface area (Å²) in [4.78, 5) is 24.5. The third-order valence-corrected chi connectivity index (χ3v) is 5.79. The number of aliphatic carboxylic acids is 1. The number of phenolic OH excluding ortho intramolecular Hbond substituents is 2. The number of carboxylic acid groups (broad SMARTS) is 1. The Morgan fingerprint density at radius 3 is 2.09 bits per heavy atom. The van der Waals surface area contributed by atoms with Crippen LogP contribution in [0.3, 0.4) is 0 Å². The molecule has 0 saturated carbocycles. The zero-order valence-corrected chi connectivity index (χ0v) is 17.4. The highest BCUT2D eigenvalue weighted by molar-refractivity contribution is 5.84. The number of phenols is 2. The highest BCUT2D eigenvalue weighted by Gasteiger charge is 2.37. The normalized spacial score (nSPS) is 14.2. The molecule has 0 fully saturated rings. The van der Waals surface area contributed by atoms with Gasteiger partial charge < -0.3 is 25.4 Å². The van der Waals surface area contributed by atoms with Gasteiger partial charge in [0.15, 0.2) is 11.5 Å². The highest BCUT2D eigenvalue weighted by atomic mass is 16.5. The molecule has 3 aromatic carbocycles. The first-order chi connectivity index (χ1) is 15.3. The van der Waals surface area contributed by atoms with Gasteiger partial charge in [-0.25, -0.2) is 9.59 Å². The van der Waals surface area contributed by atoms with E-state index in [4.69, 9.17) is 4.74 Å². The van der Waals surface area contributed by atoms with Gasteiger partial charge in [-0.15, -0.1) is 0 Å². The Balaban J connectivity index is 1.48. The molecule has 0 aromatic heterocycles. The van der Waals surface area contributed by atoms with Crippen LogP contribution in [0, 0.1) is 0 Å². The largest absolute Gasteiger partial charge is 0.504 e. The summed E-state index contributed by atoms with van der Waals surface area (Å²) in [5.74, 6) is -2.07. The highest BCUT2D eigenvalue weighted by Crippen LogP contribution is 2.44. The van der Waals surface area contributed by atoms with Crippen LogP contribution >= 0.6 is 0 Å². The van der Waals surface area contributed by atoms with E-state index in [9.17, 15) is 24.9 Å². The Morgan fingerprint density at radius 2 is 1.53 bits per heavy atom. The lowest BCUT2D eigenvalue weighted by Crippen LogP contribution is -2.54. The number of amides is 1. The van der Waals surface area contributed by atoms with E-state index < -0.39 is 17.6 Å². The number of aromatic hydroxyl groups is 2. The monoisotopic (exact) mass is 433 g/mol. The molecule has 0 bridgehead atoms. The minimum Gasteiger partial charge on any atom is -0.504 e. The number of fused-ring (bicyclic) bond motifs is 3. The van der Waals surface area contributed by atoms with Gasteiger partial charge in [0.1, 0.15) is 12.1 Å². The van der Waals surface area contributed by atoms with E-state index in [-0.39, 0.29) is 30.4 Å². The summed E-state index contributed by atoms with van der Waals surface area (Å²) in [5.41, 5.74) is 3.07. The summed E-state index contributed by atoms with van der Waals surface area (Å²) >= 11 is 0. The molecule has 0 radical (unpaired) electrons. The summed E-state index contributed by atoms with van der Waals surface area (Å²) in [5, 5.41) is 31.3. The zero-order valence-electron chi connectivity index (χ0n) is 17.4. The van der Waals surface area contributed by atoms with Gasteiger partial charge in [0.2, 0.25) is 0 Å². The van der Waals surface area contributed by atoms with Crippen LogP contribution < -0.4 is 5.32 Å². The number of benzene rings is 3. The van der Waals surface area contributed by atoms with E-state index in [0.29, 0.717) is 5.56 Å². The van der Waals surface area contributed by atoms with Gasteiger partial charge in [0, 0.05) is 12.3 Å². The summed E-state index contributed by atoms with van der Waals surface area (Å²) in [7, 11) is 0. The maximum atomic E-state index is 12.6. The van der Waals surface area contributed by atoms with Gasteiger partial charge in [-0.05, 0) is 46.9 Å².